The smallest absolute Gasteiger partial charge is 0.329 e. The van der Waals surface area contributed by atoms with E-state index in [2.05, 4.69) is 4.74 Å². The lowest BCUT2D eigenvalue weighted by molar-refractivity contribution is -0.143. The van der Waals surface area contributed by atoms with Crippen molar-refractivity contribution < 1.29 is 38.4 Å². The number of aryl methyl sites for hydroxylation is 1. The average molecular weight is 370 g/mol. The Hall–Kier alpha value is -2.16. The molecule has 1 aromatic rings. The van der Waals surface area contributed by atoms with Crippen molar-refractivity contribution in [1.82, 2.24) is 0 Å². The molecular weight excluding hydrogens is 344 g/mol. The number of hydrogen-bond donors (Lipinski definition) is 1. The van der Waals surface area contributed by atoms with Crippen LogP contribution in [0.1, 0.15) is 12.0 Å². The van der Waals surface area contributed by atoms with Gasteiger partial charge in [-0.25, -0.2) is 4.79 Å². The lowest BCUT2D eigenvalue weighted by Crippen LogP contribution is -2.14. The number of aliphatic carboxylic acids is 1. The number of methoxy groups -OCH3 is 1. The number of carbonyl (C=O) groups is 2. The summed E-state index contributed by atoms with van der Waals surface area (Å²) in [7, 11) is 1.38. The second kappa shape index (κ2) is 14.1. The minimum atomic E-state index is -0.996. The molecule has 0 amide bonds. The van der Waals surface area contributed by atoms with E-state index in [-0.39, 0.29) is 19.2 Å². The van der Waals surface area contributed by atoms with Gasteiger partial charge in [-0.15, -0.1) is 0 Å². The summed E-state index contributed by atoms with van der Waals surface area (Å²) in [6.07, 6.45) is 0.996. The Labute approximate surface area is 152 Å². The van der Waals surface area contributed by atoms with Gasteiger partial charge >= 0.3 is 11.9 Å². The zero-order valence-corrected chi connectivity index (χ0v) is 15.0. The summed E-state index contributed by atoms with van der Waals surface area (Å²) >= 11 is 0. The molecule has 146 valence electrons. The molecule has 8 heteroatoms. The first-order chi connectivity index (χ1) is 12.6. The SMILES string of the molecule is COC(=O)CCc1ccc(OCCOCCOCCOCC(=O)O)cc1. The normalized spacial score (nSPS) is 10.5. The number of benzene rings is 1. The molecule has 1 N–H and O–H groups in total. The highest BCUT2D eigenvalue weighted by Gasteiger charge is 2.02. The minimum Gasteiger partial charge on any atom is -0.491 e. The summed E-state index contributed by atoms with van der Waals surface area (Å²) in [4.78, 5) is 21.3. The van der Waals surface area contributed by atoms with Crippen LogP contribution in [0.15, 0.2) is 24.3 Å². The van der Waals surface area contributed by atoms with Crippen molar-refractivity contribution in [2.45, 2.75) is 12.8 Å². The standard InChI is InChI=1S/C18H26O8/c1-22-18(21)7-4-15-2-5-16(6-3-15)26-13-12-24-9-8-23-10-11-25-14-17(19)20/h2-3,5-6H,4,7-14H2,1H3,(H,19,20). The summed E-state index contributed by atoms with van der Waals surface area (Å²) in [6, 6.07) is 7.54. The lowest BCUT2D eigenvalue weighted by Gasteiger charge is -2.08. The van der Waals surface area contributed by atoms with Crippen molar-refractivity contribution in [1.29, 1.82) is 0 Å². The van der Waals surface area contributed by atoms with Crippen LogP contribution in [-0.4, -0.2) is 70.4 Å². The van der Waals surface area contributed by atoms with Gasteiger partial charge in [0.1, 0.15) is 19.0 Å². The first kappa shape index (κ1) is 21.9. The molecular formula is C18H26O8. The summed E-state index contributed by atoms with van der Waals surface area (Å²) in [5, 5.41) is 8.37. The van der Waals surface area contributed by atoms with Gasteiger partial charge in [0.25, 0.3) is 0 Å². The van der Waals surface area contributed by atoms with Gasteiger partial charge in [-0.05, 0) is 24.1 Å². The predicted molar refractivity (Wildman–Crippen MR) is 92.4 cm³/mol. The summed E-state index contributed by atoms with van der Waals surface area (Å²) in [5.41, 5.74) is 1.04. The molecule has 1 aromatic carbocycles. The maximum absolute atomic E-state index is 11.1. The molecule has 0 bridgehead atoms. The second-order valence-electron chi connectivity index (χ2n) is 5.24. The van der Waals surface area contributed by atoms with Crippen molar-refractivity contribution >= 4 is 11.9 Å². The molecule has 0 aliphatic carbocycles. The quantitative estimate of drug-likeness (QED) is 0.364. The Morgan fingerprint density at radius 2 is 1.46 bits per heavy atom. The van der Waals surface area contributed by atoms with Gasteiger partial charge in [-0.3, -0.25) is 4.79 Å². The molecule has 0 radical (unpaired) electrons. The minimum absolute atomic E-state index is 0.223. The fraction of sp³-hybridized carbons (Fsp3) is 0.556. The molecule has 1 rings (SSSR count). The third-order valence-corrected chi connectivity index (χ3v) is 3.23. The number of carboxylic acids is 1. The van der Waals surface area contributed by atoms with Crippen LogP contribution < -0.4 is 4.74 Å². The van der Waals surface area contributed by atoms with Crippen LogP contribution in [0.4, 0.5) is 0 Å². The molecule has 26 heavy (non-hydrogen) atoms. The number of esters is 1. The van der Waals surface area contributed by atoms with Crippen LogP contribution in [0.2, 0.25) is 0 Å². The van der Waals surface area contributed by atoms with E-state index >= 15 is 0 Å². The van der Waals surface area contributed by atoms with E-state index in [0.717, 1.165) is 11.3 Å². The highest BCUT2D eigenvalue weighted by Crippen LogP contribution is 2.13. The van der Waals surface area contributed by atoms with Crippen molar-refractivity contribution in [3.8, 4) is 5.75 Å². The number of carbonyl (C=O) groups excluding carboxylic acids is 1. The Morgan fingerprint density at radius 3 is 2.04 bits per heavy atom. The fourth-order valence-electron chi connectivity index (χ4n) is 1.92. The van der Waals surface area contributed by atoms with Crippen LogP contribution >= 0.6 is 0 Å². The van der Waals surface area contributed by atoms with E-state index < -0.39 is 5.97 Å². The fourth-order valence-corrected chi connectivity index (χ4v) is 1.92. The topological polar surface area (TPSA) is 101 Å². The van der Waals surface area contributed by atoms with Crippen LogP contribution in [0.25, 0.3) is 0 Å². The first-order valence-electron chi connectivity index (χ1n) is 8.35. The molecule has 0 saturated heterocycles. The molecule has 0 unspecified atom stereocenters. The molecule has 0 saturated carbocycles. The van der Waals surface area contributed by atoms with E-state index in [1.54, 1.807) is 0 Å². The van der Waals surface area contributed by atoms with Crippen molar-refractivity contribution in [2.75, 3.05) is 53.4 Å². The van der Waals surface area contributed by atoms with Crippen LogP contribution in [0.5, 0.6) is 5.75 Å². The lowest BCUT2D eigenvalue weighted by atomic mass is 10.1. The van der Waals surface area contributed by atoms with Gasteiger partial charge in [-0.2, -0.15) is 0 Å². The van der Waals surface area contributed by atoms with Crippen LogP contribution in [-0.2, 0) is 35.0 Å². The van der Waals surface area contributed by atoms with Crippen molar-refractivity contribution in [3.05, 3.63) is 29.8 Å². The van der Waals surface area contributed by atoms with Gasteiger partial charge in [0, 0.05) is 6.42 Å². The van der Waals surface area contributed by atoms with Gasteiger partial charge in [0.2, 0.25) is 0 Å². The van der Waals surface area contributed by atoms with Crippen LogP contribution in [0, 0.1) is 0 Å². The predicted octanol–water partition coefficient (Wildman–Crippen LogP) is 1.31. The molecule has 0 aromatic heterocycles. The monoisotopic (exact) mass is 370 g/mol. The second-order valence-corrected chi connectivity index (χ2v) is 5.24. The summed E-state index contributed by atoms with van der Waals surface area (Å²) in [6.45, 7) is 1.94. The van der Waals surface area contributed by atoms with Gasteiger partial charge in [0.05, 0.1) is 40.1 Å². The number of ether oxygens (including phenoxy) is 5. The summed E-state index contributed by atoms with van der Waals surface area (Å²) in [5.74, 6) is -0.481. The van der Waals surface area contributed by atoms with E-state index in [1.165, 1.54) is 7.11 Å². The van der Waals surface area contributed by atoms with E-state index in [9.17, 15) is 9.59 Å². The molecule has 0 aliphatic heterocycles. The van der Waals surface area contributed by atoms with E-state index in [1.807, 2.05) is 24.3 Å². The van der Waals surface area contributed by atoms with Gasteiger partial charge in [0.15, 0.2) is 0 Å². The number of rotatable bonds is 15. The van der Waals surface area contributed by atoms with Crippen molar-refractivity contribution in [2.24, 2.45) is 0 Å². The summed E-state index contributed by atoms with van der Waals surface area (Å²) < 4.78 is 25.6. The Morgan fingerprint density at radius 1 is 0.885 bits per heavy atom. The average Bonchev–Trinajstić information content (AvgIpc) is 2.64. The highest BCUT2D eigenvalue weighted by atomic mass is 16.6. The zero-order valence-electron chi connectivity index (χ0n) is 15.0. The molecule has 8 nitrogen and oxygen atoms in total. The zero-order chi connectivity index (χ0) is 19.0. The third kappa shape index (κ3) is 11.4. The molecule has 0 heterocycles. The van der Waals surface area contributed by atoms with Crippen molar-refractivity contribution in [3.63, 3.8) is 0 Å². The van der Waals surface area contributed by atoms with Crippen LogP contribution in [0.3, 0.4) is 0 Å². The Kier molecular flexibility index (Phi) is 11.8. The first-order valence-corrected chi connectivity index (χ1v) is 8.35. The Bertz CT molecular complexity index is 514. The van der Waals surface area contributed by atoms with E-state index in [4.69, 9.17) is 24.1 Å². The molecule has 0 fully saturated rings. The van der Waals surface area contributed by atoms with Gasteiger partial charge in [-0.1, -0.05) is 12.1 Å². The van der Waals surface area contributed by atoms with E-state index in [0.29, 0.717) is 45.9 Å². The molecule has 0 aliphatic rings. The molecule has 0 spiro atoms. The third-order valence-electron chi connectivity index (χ3n) is 3.23. The largest absolute Gasteiger partial charge is 0.491 e. The molecule has 0 atom stereocenters. The maximum atomic E-state index is 11.1. The maximum Gasteiger partial charge on any atom is 0.329 e. The highest BCUT2D eigenvalue weighted by molar-refractivity contribution is 5.69. The number of hydrogen-bond acceptors (Lipinski definition) is 7. The Balaban J connectivity index is 1.97. The van der Waals surface area contributed by atoms with Gasteiger partial charge < -0.3 is 28.8 Å². The number of carboxylic acid groups (broad SMARTS) is 1.